The van der Waals surface area contributed by atoms with Crippen molar-refractivity contribution in [1.82, 2.24) is 0 Å². The highest BCUT2D eigenvalue weighted by Crippen LogP contribution is 2.39. The molecule has 0 radical (unpaired) electrons. The summed E-state index contributed by atoms with van der Waals surface area (Å²) in [5, 5.41) is 14.6. The van der Waals surface area contributed by atoms with Gasteiger partial charge in [0.15, 0.2) is 0 Å². The van der Waals surface area contributed by atoms with Crippen LogP contribution in [-0.2, 0) is 0 Å². The maximum Gasteiger partial charge on any atom is 0.292 e. The number of anilines is 1. The molecule has 116 valence electrons. The highest BCUT2D eigenvalue weighted by Gasteiger charge is 2.30. The van der Waals surface area contributed by atoms with Crippen molar-refractivity contribution in [1.29, 1.82) is 0 Å². The molecule has 1 aromatic rings. The van der Waals surface area contributed by atoms with Gasteiger partial charge < -0.3 is 5.32 Å². The van der Waals surface area contributed by atoms with Gasteiger partial charge in [0.25, 0.3) is 5.69 Å². The molecule has 1 saturated carbocycles. The molecule has 4 nitrogen and oxygen atoms in total. The Hall–Kier alpha value is -1.58. The summed E-state index contributed by atoms with van der Waals surface area (Å²) in [5.74, 6) is 0.753. The van der Waals surface area contributed by atoms with Gasteiger partial charge in [-0.3, -0.25) is 10.1 Å². The molecule has 0 aliphatic heterocycles. The summed E-state index contributed by atoms with van der Waals surface area (Å²) in [7, 11) is 0. The Morgan fingerprint density at radius 3 is 2.33 bits per heavy atom. The van der Waals surface area contributed by atoms with Crippen LogP contribution < -0.4 is 5.32 Å². The van der Waals surface area contributed by atoms with Crippen molar-refractivity contribution in [2.45, 2.75) is 59.4 Å². The predicted molar refractivity (Wildman–Crippen MR) is 86.7 cm³/mol. The minimum Gasteiger partial charge on any atom is -0.377 e. The minimum atomic E-state index is -0.296. The zero-order valence-electron chi connectivity index (χ0n) is 13.5. The molecular weight excluding hydrogens is 264 g/mol. The molecule has 21 heavy (non-hydrogen) atoms. The second-order valence-electron chi connectivity index (χ2n) is 7.34. The Balaban J connectivity index is 2.03. The van der Waals surface area contributed by atoms with E-state index >= 15 is 0 Å². The first-order chi connectivity index (χ1) is 9.77. The van der Waals surface area contributed by atoms with Gasteiger partial charge in [-0.25, -0.2) is 0 Å². The van der Waals surface area contributed by atoms with E-state index < -0.39 is 0 Å². The first-order valence-corrected chi connectivity index (χ1v) is 7.79. The Morgan fingerprint density at radius 2 is 1.81 bits per heavy atom. The zero-order valence-corrected chi connectivity index (χ0v) is 13.5. The molecule has 1 aliphatic carbocycles. The molecular formula is C17H26N2O2. The minimum absolute atomic E-state index is 0.188. The fourth-order valence-corrected chi connectivity index (χ4v) is 3.24. The summed E-state index contributed by atoms with van der Waals surface area (Å²) in [6, 6.07) is 5.76. The van der Waals surface area contributed by atoms with Crippen LogP contribution >= 0.6 is 0 Å². The molecule has 0 saturated heterocycles. The number of hydrogen-bond donors (Lipinski definition) is 1. The van der Waals surface area contributed by atoms with E-state index in [2.05, 4.69) is 26.1 Å². The van der Waals surface area contributed by atoms with Crippen LogP contribution in [0, 0.1) is 28.4 Å². The zero-order chi connectivity index (χ0) is 15.6. The summed E-state index contributed by atoms with van der Waals surface area (Å²) >= 11 is 0. The Bertz CT molecular complexity index is 512. The van der Waals surface area contributed by atoms with Crippen LogP contribution in [-0.4, -0.2) is 11.0 Å². The maximum absolute atomic E-state index is 11.2. The summed E-state index contributed by atoms with van der Waals surface area (Å²) in [6.45, 7) is 8.79. The van der Waals surface area contributed by atoms with Gasteiger partial charge in [-0.1, -0.05) is 26.8 Å². The molecule has 0 atom stereocenters. The summed E-state index contributed by atoms with van der Waals surface area (Å²) < 4.78 is 0. The topological polar surface area (TPSA) is 55.2 Å². The molecule has 2 rings (SSSR count). The number of benzene rings is 1. The van der Waals surface area contributed by atoms with Crippen LogP contribution in [0.1, 0.15) is 52.0 Å². The number of aryl methyl sites for hydroxylation is 1. The molecule has 0 spiro atoms. The predicted octanol–water partition coefficient (Wildman–Crippen LogP) is 4.92. The lowest BCUT2D eigenvalue weighted by molar-refractivity contribution is -0.384. The van der Waals surface area contributed by atoms with Gasteiger partial charge in [-0.2, -0.15) is 0 Å². The third kappa shape index (κ3) is 3.96. The van der Waals surface area contributed by atoms with Crippen molar-refractivity contribution in [3.63, 3.8) is 0 Å². The fourth-order valence-electron chi connectivity index (χ4n) is 3.24. The Morgan fingerprint density at radius 1 is 1.19 bits per heavy atom. The van der Waals surface area contributed by atoms with Gasteiger partial charge in [0.2, 0.25) is 0 Å². The largest absolute Gasteiger partial charge is 0.377 e. The second-order valence-corrected chi connectivity index (χ2v) is 7.34. The van der Waals surface area contributed by atoms with Crippen LogP contribution in [0.15, 0.2) is 18.2 Å². The Labute approximate surface area is 127 Å². The van der Waals surface area contributed by atoms with E-state index in [0.29, 0.717) is 17.1 Å². The van der Waals surface area contributed by atoms with Crippen molar-refractivity contribution in [2.75, 3.05) is 5.32 Å². The first-order valence-electron chi connectivity index (χ1n) is 7.79. The van der Waals surface area contributed by atoms with Crippen LogP contribution in [0.5, 0.6) is 0 Å². The quantitative estimate of drug-likeness (QED) is 0.635. The van der Waals surface area contributed by atoms with Crippen molar-refractivity contribution in [3.05, 3.63) is 33.9 Å². The first kappa shape index (κ1) is 15.8. The van der Waals surface area contributed by atoms with Gasteiger partial charge in [0, 0.05) is 12.1 Å². The molecule has 0 bridgehead atoms. The standard InChI is InChI=1S/C17H26N2O2/c1-12-5-10-15(16(11-12)19(20)21)18-14-8-6-13(7-9-14)17(2,3)4/h5,10-11,13-14,18H,6-9H2,1-4H3. The van der Waals surface area contributed by atoms with E-state index in [9.17, 15) is 10.1 Å². The molecule has 4 heteroatoms. The molecule has 0 heterocycles. The van der Waals surface area contributed by atoms with Crippen LogP contribution in [0.25, 0.3) is 0 Å². The van der Waals surface area contributed by atoms with Gasteiger partial charge in [-0.15, -0.1) is 0 Å². The van der Waals surface area contributed by atoms with E-state index in [0.717, 1.165) is 24.3 Å². The van der Waals surface area contributed by atoms with Crippen LogP contribution in [0.2, 0.25) is 0 Å². The van der Waals surface area contributed by atoms with E-state index in [4.69, 9.17) is 0 Å². The molecule has 1 fully saturated rings. The third-order valence-corrected chi connectivity index (χ3v) is 4.66. The lowest BCUT2D eigenvalue weighted by Crippen LogP contribution is -2.31. The number of nitro groups is 1. The highest BCUT2D eigenvalue weighted by molar-refractivity contribution is 5.63. The molecule has 1 aliphatic rings. The van der Waals surface area contributed by atoms with Gasteiger partial charge >= 0.3 is 0 Å². The van der Waals surface area contributed by atoms with Gasteiger partial charge in [0.05, 0.1) is 4.92 Å². The number of rotatable bonds is 3. The molecule has 1 aromatic carbocycles. The maximum atomic E-state index is 11.2. The van der Waals surface area contributed by atoms with Crippen molar-refractivity contribution in [2.24, 2.45) is 11.3 Å². The molecule has 1 N–H and O–H groups in total. The number of nitrogens with zero attached hydrogens (tertiary/aromatic N) is 1. The molecule has 0 unspecified atom stereocenters. The molecule has 0 amide bonds. The van der Waals surface area contributed by atoms with Crippen molar-refractivity contribution < 1.29 is 4.92 Å². The monoisotopic (exact) mass is 290 g/mol. The van der Waals surface area contributed by atoms with Crippen molar-refractivity contribution in [3.8, 4) is 0 Å². The van der Waals surface area contributed by atoms with Crippen molar-refractivity contribution >= 4 is 11.4 Å². The van der Waals surface area contributed by atoms with E-state index in [-0.39, 0.29) is 10.6 Å². The fraction of sp³-hybridized carbons (Fsp3) is 0.647. The molecule has 0 aromatic heterocycles. The normalized spacial score (nSPS) is 22.9. The lowest BCUT2D eigenvalue weighted by Gasteiger charge is -2.37. The SMILES string of the molecule is Cc1ccc(NC2CCC(C(C)(C)C)CC2)c([N+](=O)[O-])c1. The summed E-state index contributed by atoms with van der Waals surface area (Å²) in [4.78, 5) is 10.9. The Kier molecular flexibility index (Phi) is 4.55. The lowest BCUT2D eigenvalue weighted by atomic mass is 9.71. The highest BCUT2D eigenvalue weighted by atomic mass is 16.6. The average molecular weight is 290 g/mol. The van der Waals surface area contributed by atoms with E-state index in [1.54, 1.807) is 6.07 Å². The third-order valence-electron chi connectivity index (χ3n) is 4.66. The number of nitrogens with one attached hydrogen (secondary N) is 1. The van der Waals surface area contributed by atoms with Crippen LogP contribution in [0.3, 0.4) is 0 Å². The number of hydrogen-bond acceptors (Lipinski definition) is 3. The number of nitro benzene ring substituents is 1. The smallest absolute Gasteiger partial charge is 0.292 e. The van der Waals surface area contributed by atoms with E-state index in [1.807, 2.05) is 19.1 Å². The van der Waals surface area contributed by atoms with E-state index in [1.165, 1.54) is 12.8 Å². The average Bonchev–Trinajstić information content (AvgIpc) is 2.40. The summed E-state index contributed by atoms with van der Waals surface area (Å²) in [6.07, 6.45) is 4.57. The van der Waals surface area contributed by atoms with Gasteiger partial charge in [0.1, 0.15) is 5.69 Å². The second kappa shape index (κ2) is 6.04. The van der Waals surface area contributed by atoms with Gasteiger partial charge in [-0.05, 0) is 55.6 Å². The summed E-state index contributed by atoms with van der Waals surface area (Å²) in [5.41, 5.74) is 2.13. The van der Waals surface area contributed by atoms with Crippen LogP contribution in [0.4, 0.5) is 11.4 Å².